The fraction of sp³-hybridized carbons (Fsp3) is 0.231. The van der Waals surface area contributed by atoms with Crippen LogP contribution in [-0.4, -0.2) is 21.9 Å². The van der Waals surface area contributed by atoms with Crippen molar-refractivity contribution in [2.24, 2.45) is 0 Å². The molecule has 0 fully saturated rings. The Morgan fingerprint density at radius 1 is 1.00 bits per heavy atom. The predicted octanol–water partition coefficient (Wildman–Crippen LogP) is 3.62. The molecule has 11 heteroatoms. The van der Waals surface area contributed by atoms with E-state index in [1.165, 1.54) is 30.3 Å². The summed E-state index contributed by atoms with van der Waals surface area (Å²) in [6.07, 6.45) is -6.55. The maximum absolute atomic E-state index is 13.8. The van der Waals surface area contributed by atoms with Crippen LogP contribution >= 0.6 is 0 Å². The molecular formula is C13H7F7N4. The summed E-state index contributed by atoms with van der Waals surface area (Å²) >= 11 is 0. The van der Waals surface area contributed by atoms with Crippen LogP contribution in [0.3, 0.4) is 0 Å². The van der Waals surface area contributed by atoms with Gasteiger partial charge >= 0.3 is 18.0 Å². The van der Waals surface area contributed by atoms with Gasteiger partial charge in [-0.05, 0) is 12.1 Å². The monoisotopic (exact) mass is 352 g/mol. The number of hydrogen-bond acceptors (Lipinski definition) is 3. The fourth-order valence-corrected chi connectivity index (χ4v) is 1.85. The van der Waals surface area contributed by atoms with Gasteiger partial charge in [0.15, 0.2) is 5.69 Å². The van der Waals surface area contributed by atoms with Gasteiger partial charge in [-0.1, -0.05) is 18.2 Å². The number of rotatable bonds is 3. The molecule has 0 aliphatic carbocycles. The number of aromatic nitrogens is 2. The first-order valence-electron chi connectivity index (χ1n) is 6.12. The fourth-order valence-electron chi connectivity index (χ4n) is 1.85. The normalized spacial score (nSPS) is 12.9. The molecule has 24 heavy (non-hydrogen) atoms. The number of benzene rings is 1. The summed E-state index contributed by atoms with van der Waals surface area (Å²) in [7, 11) is 0. The number of nitrogens with two attached hydrogens (primary N) is 1. The van der Waals surface area contributed by atoms with E-state index in [9.17, 15) is 30.7 Å². The van der Waals surface area contributed by atoms with Crippen LogP contribution in [0.15, 0.2) is 30.3 Å². The third-order valence-electron chi connectivity index (χ3n) is 3.08. The molecule has 2 N–H and O–H groups in total. The largest absolute Gasteiger partial charge is 0.460 e. The molecule has 0 saturated heterocycles. The Bertz CT molecular complexity index is 787. The van der Waals surface area contributed by atoms with E-state index in [1.54, 1.807) is 0 Å². The van der Waals surface area contributed by atoms with Gasteiger partial charge in [-0.15, -0.1) is 0 Å². The van der Waals surface area contributed by atoms with Crippen LogP contribution in [0.25, 0.3) is 5.69 Å². The Morgan fingerprint density at radius 3 is 2.00 bits per heavy atom. The molecule has 0 radical (unpaired) electrons. The SMILES string of the molecule is N#Cc1c(C(F)(F)C(F)(F)C(F)(F)F)nn(-c2ccccc2)c1N. The summed E-state index contributed by atoms with van der Waals surface area (Å²) in [5.41, 5.74) is 2.11. The zero-order valence-electron chi connectivity index (χ0n) is 11.5. The van der Waals surface area contributed by atoms with Gasteiger partial charge in [0, 0.05) is 0 Å². The van der Waals surface area contributed by atoms with Crippen molar-refractivity contribution in [1.29, 1.82) is 5.26 Å². The number of alkyl halides is 7. The Morgan fingerprint density at radius 2 is 1.54 bits per heavy atom. The van der Waals surface area contributed by atoms with Crippen LogP contribution in [0.5, 0.6) is 0 Å². The number of hydrogen-bond donors (Lipinski definition) is 1. The second-order valence-electron chi connectivity index (χ2n) is 4.61. The number of nitrogen functional groups attached to an aromatic ring is 1. The predicted molar refractivity (Wildman–Crippen MR) is 67.6 cm³/mol. The van der Waals surface area contributed by atoms with Gasteiger partial charge in [-0.3, -0.25) is 0 Å². The minimum atomic E-state index is -6.55. The Hall–Kier alpha value is -2.77. The van der Waals surface area contributed by atoms with Crippen molar-refractivity contribution in [2.75, 3.05) is 5.73 Å². The highest BCUT2D eigenvalue weighted by Gasteiger charge is 2.75. The highest BCUT2D eigenvalue weighted by Crippen LogP contribution is 2.52. The van der Waals surface area contributed by atoms with E-state index in [2.05, 4.69) is 5.10 Å². The van der Waals surface area contributed by atoms with Crippen molar-refractivity contribution >= 4 is 5.82 Å². The topological polar surface area (TPSA) is 67.6 Å². The van der Waals surface area contributed by atoms with E-state index >= 15 is 0 Å². The van der Waals surface area contributed by atoms with E-state index in [4.69, 9.17) is 11.0 Å². The summed E-state index contributed by atoms with van der Waals surface area (Å²) in [4.78, 5) is 0. The third-order valence-corrected chi connectivity index (χ3v) is 3.08. The van der Waals surface area contributed by atoms with E-state index in [-0.39, 0.29) is 5.69 Å². The first-order chi connectivity index (χ1) is 10.9. The summed E-state index contributed by atoms with van der Waals surface area (Å²) < 4.78 is 91.4. The average Bonchev–Trinajstić information content (AvgIpc) is 2.84. The molecule has 0 atom stereocenters. The third kappa shape index (κ3) is 2.44. The molecule has 2 aromatic rings. The van der Waals surface area contributed by atoms with Crippen LogP contribution in [0.4, 0.5) is 36.6 Å². The Balaban J connectivity index is 2.70. The van der Waals surface area contributed by atoms with Crippen molar-refractivity contribution in [1.82, 2.24) is 9.78 Å². The molecule has 0 saturated carbocycles. The van der Waals surface area contributed by atoms with Crippen LogP contribution < -0.4 is 5.73 Å². The molecule has 2 rings (SSSR count). The maximum atomic E-state index is 13.8. The second-order valence-corrected chi connectivity index (χ2v) is 4.61. The lowest BCUT2D eigenvalue weighted by Gasteiger charge is -2.26. The van der Waals surface area contributed by atoms with Crippen LogP contribution in [0, 0.1) is 11.3 Å². The second kappa shape index (κ2) is 5.40. The number of nitriles is 1. The number of anilines is 1. The molecule has 0 aliphatic rings. The molecule has 0 amide bonds. The van der Waals surface area contributed by atoms with Gasteiger partial charge in [0.2, 0.25) is 0 Å². The zero-order chi connectivity index (χ0) is 18.3. The molecular weight excluding hydrogens is 345 g/mol. The van der Waals surface area contributed by atoms with Crippen molar-refractivity contribution in [3.8, 4) is 11.8 Å². The summed E-state index contributed by atoms with van der Waals surface area (Å²) in [6.45, 7) is 0. The Labute approximate surface area is 129 Å². The summed E-state index contributed by atoms with van der Waals surface area (Å²) in [5, 5.41) is 11.9. The average molecular weight is 352 g/mol. The van der Waals surface area contributed by atoms with Crippen LogP contribution in [0.2, 0.25) is 0 Å². The van der Waals surface area contributed by atoms with E-state index < -0.39 is 35.1 Å². The molecule has 1 heterocycles. The van der Waals surface area contributed by atoms with E-state index in [0.29, 0.717) is 4.68 Å². The van der Waals surface area contributed by atoms with Gasteiger partial charge in [0.25, 0.3) is 0 Å². The van der Waals surface area contributed by atoms with Crippen molar-refractivity contribution in [2.45, 2.75) is 18.0 Å². The Kier molecular flexibility index (Phi) is 3.95. The minimum Gasteiger partial charge on any atom is -0.382 e. The molecule has 0 spiro atoms. The summed E-state index contributed by atoms with van der Waals surface area (Å²) in [5.74, 6) is -13.0. The van der Waals surface area contributed by atoms with Gasteiger partial charge in [-0.2, -0.15) is 41.1 Å². The lowest BCUT2D eigenvalue weighted by Crippen LogP contribution is -2.50. The molecule has 0 unspecified atom stereocenters. The highest BCUT2D eigenvalue weighted by molar-refractivity contribution is 5.57. The number of para-hydroxylation sites is 1. The van der Waals surface area contributed by atoms with Crippen LogP contribution in [-0.2, 0) is 5.92 Å². The molecule has 1 aromatic carbocycles. The molecule has 0 bridgehead atoms. The van der Waals surface area contributed by atoms with Gasteiger partial charge in [0.1, 0.15) is 17.5 Å². The first-order valence-corrected chi connectivity index (χ1v) is 6.12. The summed E-state index contributed by atoms with van der Waals surface area (Å²) in [6, 6.07) is 8.04. The van der Waals surface area contributed by atoms with E-state index in [0.717, 1.165) is 6.07 Å². The van der Waals surface area contributed by atoms with Crippen molar-refractivity contribution in [3.63, 3.8) is 0 Å². The quantitative estimate of drug-likeness (QED) is 0.858. The number of nitrogens with zero attached hydrogens (tertiary/aromatic N) is 3. The molecule has 128 valence electrons. The van der Waals surface area contributed by atoms with Crippen molar-refractivity contribution in [3.05, 3.63) is 41.6 Å². The van der Waals surface area contributed by atoms with Crippen molar-refractivity contribution < 1.29 is 30.7 Å². The lowest BCUT2D eigenvalue weighted by atomic mass is 10.0. The maximum Gasteiger partial charge on any atom is 0.460 e. The smallest absolute Gasteiger partial charge is 0.382 e. The van der Waals surface area contributed by atoms with E-state index in [1.807, 2.05) is 0 Å². The first kappa shape index (κ1) is 17.6. The standard InChI is InChI=1S/C13H7F7N4/c14-11(15,12(16,17)13(18,19)20)9-8(6-21)10(22)24(23-9)7-4-2-1-3-5-7/h1-5H,22H2. The lowest BCUT2D eigenvalue weighted by molar-refractivity contribution is -0.360. The molecule has 4 nitrogen and oxygen atoms in total. The highest BCUT2D eigenvalue weighted by atomic mass is 19.4. The van der Waals surface area contributed by atoms with Gasteiger partial charge in [0.05, 0.1) is 5.69 Å². The number of halogens is 7. The molecule has 0 aliphatic heterocycles. The van der Waals surface area contributed by atoms with Gasteiger partial charge in [-0.25, -0.2) is 4.68 Å². The minimum absolute atomic E-state index is 0.00359. The van der Waals surface area contributed by atoms with Crippen LogP contribution in [0.1, 0.15) is 11.3 Å². The zero-order valence-corrected chi connectivity index (χ0v) is 11.5. The van der Waals surface area contributed by atoms with Gasteiger partial charge < -0.3 is 5.73 Å². The molecule has 1 aromatic heterocycles.